The van der Waals surface area contributed by atoms with Crippen LogP contribution < -0.4 is 14.8 Å². The molecular formula is C19H22BrCl2NO2. The summed E-state index contributed by atoms with van der Waals surface area (Å²) in [6.45, 7) is 5.50. The molecule has 0 aliphatic carbocycles. The van der Waals surface area contributed by atoms with Crippen LogP contribution in [0.2, 0.25) is 10.0 Å². The van der Waals surface area contributed by atoms with Gasteiger partial charge in [-0.2, -0.15) is 0 Å². The first kappa shape index (κ1) is 20.4. The Morgan fingerprint density at radius 2 is 1.84 bits per heavy atom. The number of benzene rings is 2. The summed E-state index contributed by atoms with van der Waals surface area (Å²) in [5, 5.41) is 4.78. The Labute approximate surface area is 167 Å². The number of rotatable bonds is 8. The summed E-state index contributed by atoms with van der Waals surface area (Å²) >= 11 is 15.7. The fourth-order valence-electron chi connectivity index (χ4n) is 2.39. The highest BCUT2D eigenvalue weighted by molar-refractivity contribution is 9.10. The minimum Gasteiger partial charge on any atom is -0.493 e. The van der Waals surface area contributed by atoms with E-state index in [2.05, 4.69) is 21.2 Å². The molecular weight excluding hydrogens is 425 g/mol. The summed E-state index contributed by atoms with van der Waals surface area (Å²) in [5.41, 5.74) is 2.19. The van der Waals surface area contributed by atoms with Gasteiger partial charge in [-0.05, 0) is 62.2 Å². The van der Waals surface area contributed by atoms with E-state index in [1.165, 1.54) is 0 Å². The number of methoxy groups -OCH3 is 1. The van der Waals surface area contributed by atoms with Crippen LogP contribution in [0.15, 0.2) is 34.8 Å². The normalized spacial score (nSPS) is 11.0. The maximum Gasteiger partial charge on any atom is 0.162 e. The van der Waals surface area contributed by atoms with E-state index < -0.39 is 0 Å². The molecule has 0 aliphatic rings. The smallest absolute Gasteiger partial charge is 0.162 e. The van der Waals surface area contributed by atoms with Gasteiger partial charge in [-0.15, -0.1) is 0 Å². The Kier molecular flexibility index (Phi) is 7.88. The van der Waals surface area contributed by atoms with Crippen molar-refractivity contribution < 1.29 is 9.47 Å². The van der Waals surface area contributed by atoms with E-state index in [1.807, 2.05) is 38.1 Å². The average molecular weight is 447 g/mol. The van der Waals surface area contributed by atoms with E-state index in [1.54, 1.807) is 13.2 Å². The zero-order valence-electron chi connectivity index (χ0n) is 14.5. The molecule has 0 saturated carbocycles. The molecule has 2 aromatic carbocycles. The van der Waals surface area contributed by atoms with Crippen LogP contribution in [0.3, 0.4) is 0 Å². The molecule has 0 amide bonds. The van der Waals surface area contributed by atoms with E-state index in [9.17, 15) is 0 Å². The van der Waals surface area contributed by atoms with Crippen molar-refractivity contribution in [2.45, 2.75) is 32.9 Å². The van der Waals surface area contributed by atoms with Crippen molar-refractivity contribution in [3.63, 3.8) is 0 Å². The molecule has 0 saturated heterocycles. The van der Waals surface area contributed by atoms with Crippen LogP contribution >= 0.6 is 39.1 Å². The van der Waals surface area contributed by atoms with Crippen LogP contribution in [0.5, 0.6) is 11.5 Å². The zero-order valence-corrected chi connectivity index (χ0v) is 17.6. The molecule has 0 unspecified atom stereocenters. The van der Waals surface area contributed by atoms with Gasteiger partial charge in [-0.3, -0.25) is 0 Å². The van der Waals surface area contributed by atoms with Gasteiger partial charge in [-0.1, -0.05) is 45.2 Å². The van der Waals surface area contributed by atoms with Crippen molar-refractivity contribution in [2.24, 2.45) is 0 Å². The van der Waals surface area contributed by atoms with Crippen LogP contribution in [0.4, 0.5) is 0 Å². The van der Waals surface area contributed by atoms with Gasteiger partial charge in [0.05, 0.1) is 13.2 Å². The molecule has 0 radical (unpaired) electrons. The first-order valence-electron chi connectivity index (χ1n) is 8.08. The largest absolute Gasteiger partial charge is 0.493 e. The molecule has 136 valence electrons. The third kappa shape index (κ3) is 6.07. The molecule has 0 atom stereocenters. The number of halogens is 3. The Bertz CT molecular complexity index is 723. The Hall–Kier alpha value is -0.940. The van der Waals surface area contributed by atoms with Gasteiger partial charge in [0.25, 0.3) is 0 Å². The highest BCUT2D eigenvalue weighted by Crippen LogP contribution is 2.34. The minimum atomic E-state index is 0.0916. The van der Waals surface area contributed by atoms with Crippen LogP contribution in [0, 0.1) is 0 Å². The van der Waals surface area contributed by atoms with Gasteiger partial charge < -0.3 is 14.8 Å². The van der Waals surface area contributed by atoms with Crippen molar-refractivity contribution in [1.29, 1.82) is 0 Å². The minimum absolute atomic E-state index is 0.0916. The molecule has 0 bridgehead atoms. The molecule has 0 fully saturated rings. The van der Waals surface area contributed by atoms with Crippen LogP contribution in [-0.2, 0) is 13.0 Å². The quantitative estimate of drug-likeness (QED) is 0.513. The molecule has 2 aromatic rings. The van der Waals surface area contributed by atoms with E-state index in [4.69, 9.17) is 32.7 Å². The predicted octanol–water partition coefficient (Wildman–Crippen LogP) is 5.88. The summed E-state index contributed by atoms with van der Waals surface area (Å²) in [5.74, 6) is 1.47. The monoisotopic (exact) mass is 445 g/mol. The van der Waals surface area contributed by atoms with E-state index in [-0.39, 0.29) is 6.10 Å². The first-order valence-corrected chi connectivity index (χ1v) is 9.63. The Morgan fingerprint density at radius 3 is 2.48 bits per heavy atom. The highest BCUT2D eigenvalue weighted by Gasteiger charge is 2.11. The van der Waals surface area contributed by atoms with Crippen molar-refractivity contribution >= 4 is 39.1 Å². The Morgan fingerprint density at radius 1 is 1.08 bits per heavy atom. The number of ether oxygens (including phenoxy) is 2. The molecule has 6 heteroatoms. The maximum atomic E-state index is 6.20. The van der Waals surface area contributed by atoms with Crippen LogP contribution in [0.1, 0.15) is 25.0 Å². The molecule has 25 heavy (non-hydrogen) atoms. The second-order valence-corrected chi connectivity index (χ2v) is 7.62. The molecule has 3 nitrogen and oxygen atoms in total. The first-order chi connectivity index (χ1) is 11.9. The lowest BCUT2D eigenvalue weighted by molar-refractivity contribution is 0.230. The lowest BCUT2D eigenvalue weighted by Gasteiger charge is -2.16. The van der Waals surface area contributed by atoms with Crippen LogP contribution in [-0.4, -0.2) is 19.8 Å². The predicted molar refractivity (Wildman–Crippen MR) is 108 cm³/mol. The zero-order chi connectivity index (χ0) is 18.4. The molecule has 0 heterocycles. The van der Waals surface area contributed by atoms with Crippen LogP contribution in [0.25, 0.3) is 0 Å². The maximum absolute atomic E-state index is 6.20. The summed E-state index contributed by atoms with van der Waals surface area (Å²) in [6.07, 6.45) is 0.924. The molecule has 2 rings (SSSR count). The topological polar surface area (TPSA) is 30.5 Å². The number of hydrogen-bond acceptors (Lipinski definition) is 3. The number of nitrogens with one attached hydrogen (secondary N) is 1. The summed E-state index contributed by atoms with van der Waals surface area (Å²) in [4.78, 5) is 0. The average Bonchev–Trinajstić information content (AvgIpc) is 2.54. The second-order valence-electron chi connectivity index (χ2n) is 5.92. The molecule has 1 N–H and O–H groups in total. The van der Waals surface area contributed by atoms with Gasteiger partial charge in [0.1, 0.15) is 0 Å². The third-order valence-corrected chi connectivity index (χ3v) is 4.92. The highest BCUT2D eigenvalue weighted by atomic mass is 79.9. The van der Waals surface area contributed by atoms with Crippen molar-refractivity contribution in [3.05, 3.63) is 56.0 Å². The van der Waals surface area contributed by atoms with Gasteiger partial charge in [0.15, 0.2) is 11.5 Å². The van der Waals surface area contributed by atoms with Crippen molar-refractivity contribution in [1.82, 2.24) is 5.32 Å². The van der Waals surface area contributed by atoms with Gasteiger partial charge >= 0.3 is 0 Å². The van der Waals surface area contributed by atoms with E-state index in [0.29, 0.717) is 16.6 Å². The van der Waals surface area contributed by atoms with Gasteiger partial charge in [0.2, 0.25) is 0 Å². The van der Waals surface area contributed by atoms with Gasteiger partial charge in [-0.25, -0.2) is 0 Å². The van der Waals surface area contributed by atoms with E-state index >= 15 is 0 Å². The molecule has 0 spiro atoms. The summed E-state index contributed by atoms with van der Waals surface area (Å²) in [6, 6.07) is 9.53. The fourth-order valence-corrected chi connectivity index (χ4v) is 3.35. The van der Waals surface area contributed by atoms with E-state index in [0.717, 1.165) is 40.1 Å². The molecule has 0 aliphatic heterocycles. The SMILES string of the molecule is COc1cc(CNCCc2ccc(Cl)cc2Cl)c(Br)cc1OC(C)C. The van der Waals surface area contributed by atoms with Crippen molar-refractivity contribution in [2.75, 3.05) is 13.7 Å². The number of hydrogen-bond donors (Lipinski definition) is 1. The Balaban J connectivity index is 1.96. The lowest BCUT2D eigenvalue weighted by Crippen LogP contribution is -2.17. The fraction of sp³-hybridized carbons (Fsp3) is 0.368. The summed E-state index contributed by atoms with van der Waals surface area (Å²) < 4.78 is 12.2. The standard InChI is InChI=1S/C19H22BrCl2NO2/c1-12(2)25-19-10-16(20)14(8-18(19)24-3)11-23-7-6-13-4-5-15(21)9-17(13)22/h4-5,8-10,12,23H,6-7,11H2,1-3H3. The van der Waals surface area contributed by atoms with Gasteiger partial charge in [0, 0.05) is 21.1 Å². The summed E-state index contributed by atoms with van der Waals surface area (Å²) in [7, 11) is 1.65. The lowest BCUT2D eigenvalue weighted by atomic mass is 10.1. The van der Waals surface area contributed by atoms with Crippen molar-refractivity contribution in [3.8, 4) is 11.5 Å². The molecule has 0 aromatic heterocycles. The second kappa shape index (κ2) is 9.67. The third-order valence-electron chi connectivity index (χ3n) is 3.60.